The van der Waals surface area contributed by atoms with E-state index < -0.39 is 5.54 Å². The van der Waals surface area contributed by atoms with Crippen molar-refractivity contribution in [3.8, 4) is 0 Å². The zero-order chi connectivity index (χ0) is 19.2. The molecule has 2 aromatic rings. The Morgan fingerprint density at radius 1 is 1.22 bits per heavy atom. The maximum Gasteiger partial charge on any atom is 0.248 e. The van der Waals surface area contributed by atoms with Crippen LogP contribution in [-0.4, -0.2) is 59.4 Å². The lowest BCUT2D eigenvalue weighted by molar-refractivity contribution is -0.157. The summed E-state index contributed by atoms with van der Waals surface area (Å²) in [4.78, 5) is 30.7. The van der Waals surface area contributed by atoms with Crippen molar-refractivity contribution in [1.82, 2.24) is 15.1 Å². The number of hydrogen-bond donors (Lipinski definition) is 1. The average molecular weight is 386 g/mol. The molecule has 1 unspecified atom stereocenters. The van der Waals surface area contributed by atoms with Crippen LogP contribution in [-0.2, 0) is 22.4 Å². The zero-order valence-corrected chi connectivity index (χ0v) is 17.1. The molecule has 2 amide bonds. The SMILES string of the molecule is CCc1sc2ccccc2c1CCN1CCN2C(=O)C(C)(C)NC(=O)C2C1. The molecule has 4 rings (SSSR count). The van der Waals surface area contributed by atoms with Gasteiger partial charge in [0, 0.05) is 35.8 Å². The van der Waals surface area contributed by atoms with Crippen molar-refractivity contribution in [3.05, 3.63) is 34.7 Å². The second-order valence-corrected chi connectivity index (χ2v) is 9.17. The molecule has 5 nitrogen and oxygen atoms in total. The number of benzene rings is 1. The molecule has 1 atom stereocenters. The van der Waals surface area contributed by atoms with E-state index in [2.05, 4.69) is 41.4 Å². The van der Waals surface area contributed by atoms with Gasteiger partial charge in [-0.15, -0.1) is 11.3 Å². The largest absolute Gasteiger partial charge is 0.340 e. The van der Waals surface area contributed by atoms with Crippen molar-refractivity contribution in [1.29, 1.82) is 0 Å². The van der Waals surface area contributed by atoms with Crippen molar-refractivity contribution in [2.75, 3.05) is 26.2 Å². The van der Waals surface area contributed by atoms with Crippen LogP contribution in [0.25, 0.3) is 10.1 Å². The molecule has 2 aliphatic rings. The van der Waals surface area contributed by atoms with Crippen LogP contribution in [0.15, 0.2) is 24.3 Å². The smallest absolute Gasteiger partial charge is 0.248 e. The number of carbonyl (C=O) groups excluding carboxylic acids is 2. The molecular weight excluding hydrogens is 358 g/mol. The molecule has 1 aromatic carbocycles. The van der Waals surface area contributed by atoms with E-state index in [1.54, 1.807) is 18.7 Å². The van der Waals surface area contributed by atoms with E-state index in [-0.39, 0.29) is 17.9 Å². The predicted molar refractivity (Wildman–Crippen MR) is 109 cm³/mol. The van der Waals surface area contributed by atoms with Crippen LogP contribution in [0.4, 0.5) is 0 Å². The number of hydrogen-bond acceptors (Lipinski definition) is 4. The average Bonchev–Trinajstić information content (AvgIpc) is 3.02. The summed E-state index contributed by atoms with van der Waals surface area (Å²) in [6.07, 6.45) is 2.04. The summed E-state index contributed by atoms with van der Waals surface area (Å²) < 4.78 is 1.36. The predicted octanol–water partition coefficient (Wildman–Crippen LogP) is 2.43. The van der Waals surface area contributed by atoms with Crippen LogP contribution in [0.3, 0.4) is 0 Å². The fraction of sp³-hybridized carbons (Fsp3) is 0.524. The Balaban J connectivity index is 1.47. The molecule has 0 aliphatic carbocycles. The maximum absolute atomic E-state index is 12.6. The number of carbonyl (C=O) groups is 2. The molecule has 1 aromatic heterocycles. The standard InChI is InChI=1S/C21H27N3O2S/c1-4-17-15(14-7-5-6-8-18(14)27-17)9-10-23-11-12-24-16(13-23)19(25)22-21(2,3)20(24)26/h5-8,16H,4,9-13H2,1-3H3,(H,22,25). The molecule has 6 heteroatoms. The number of fused-ring (bicyclic) bond motifs is 2. The third-order valence-corrected chi connectivity index (χ3v) is 7.14. The molecule has 1 N–H and O–H groups in total. The monoisotopic (exact) mass is 385 g/mol. The van der Waals surface area contributed by atoms with E-state index in [0.717, 1.165) is 25.9 Å². The Morgan fingerprint density at radius 3 is 2.78 bits per heavy atom. The van der Waals surface area contributed by atoms with Gasteiger partial charge >= 0.3 is 0 Å². The first kappa shape index (κ1) is 18.4. The summed E-state index contributed by atoms with van der Waals surface area (Å²) in [5, 5.41) is 4.25. The third-order valence-electron chi connectivity index (χ3n) is 5.78. The van der Waals surface area contributed by atoms with Crippen molar-refractivity contribution < 1.29 is 9.59 Å². The molecule has 0 saturated carbocycles. The van der Waals surface area contributed by atoms with Gasteiger partial charge in [-0.1, -0.05) is 25.1 Å². The normalized spacial score (nSPS) is 22.8. The second kappa shape index (κ2) is 6.91. The van der Waals surface area contributed by atoms with Crippen LogP contribution in [0, 0.1) is 0 Å². The van der Waals surface area contributed by atoms with E-state index in [1.807, 2.05) is 11.3 Å². The summed E-state index contributed by atoms with van der Waals surface area (Å²) in [6.45, 7) is 8.78. The highest BCUT2D eigenvalue weighted by Gasteiger charge is 2.47. The first-order valence-corrected chi connectivity index (χ1v) is 10.6. The quantitative estimate of drug-likeness (QED) is 0.879. The fourth-order valence-corrected chi connectivity index (χ4v) is 5.49. The summed E-state index contributed by atoms with van der Waals surface area (Å²) >= 11 is 1.89. The lowest BCUT2D eigenvalue weighted by Crippen LogP contribution is -2.72. The Hall–Kier alpha value is -1.92. The van der Waals surface area contributed by atoms with Crippen LogP contribution in [0.2, 0.25) is 0 Å². The Kier molecular flexibility index (Phi) is 4.72. The Morgan fingerprint density at radius 2 is 2.00 bits per heavy atom. The van der Waals surface area contributed by atoms with Gasteiger partial charge in [0.1, 0.15) is 11.6 Å². The van der Waals surface area contributed by atoms with Crippen LogP contribution in [0.1, 0.15) is 31.2 Å². The minimum atomic E-state index is -0.790. The highest BCUT2D eigenvalue weighted by Crippen LogP contribution is 2.32. The maximum atomic E-state index is 12.6. The summed E-state index contributed by atoms with van der Waals surface area (Å²) in [6, 6.07) is 8.26. The lowest BCUT2D eigenvalue weighted by atomic mass is 9.95. The number of piperazine rings is 2. The number of aryl methyl sites for hydroxylation is 1. The highest BCUT2D eigenvalue weighted by atomic mass is 32.1. The summed E-state index contributed by atoms with van der Waals surface area (Å²) in [5.41, 5.74) is 0.660. The molecule has 2 aliphatic heterocycles. The van der Waals surface area contributed by atoms with E-state index in [4.69, 9.17) is 0 Å². The lowest BCUT2D eigenvalue weighted by Gasteiger charge is -2.47. The first-order valence-electron chi connectivity index (χ1n) is 9.75. The topological polar surface area (TPSA) is 52.6 Å². The number of nitrogens with zero attached hydrogens (tertiary/aromatic N) is 2. The molecule has 27 heavy (non-hydrogen) atoms. The number of rotatable bonds is 4. The van der Waals surface area contributed by atoms with Gasteiger partial charge in [-0.25, -0.2) is 0 Å². The number of nitrogens with one attached hydrogen (secondary N) is 1. The Bertz CT molecular complexity index is 889. The van der Waals surface area contributed by atoms with E-state index >= 15 is 0 Å². The third kappa shape index (κ3) is 3.25. The van der Waals surface area contributed by atoms with Crippen LogP contribution in [0.5, 0.6) is 0 Å². The van der Waals surface area contributed by atoms with Gasteiger partial charge in [-0.05, 0) is 43.7 Å². The molecule has 0 radical (unpaired) electrons. The summed E-state index contributed by atoms with van der Waals surface area (Å²) in [5.74, 6) is 0.00313. The number of thiophene rings is 1. The molecule has 0 bridgehead atoms. The van der Waals surface area contributed by atoms with Gasteiger partial charge in [-0.2, -0.15) is 0 Å². The van der Waals surface area contributed by atoms with Gasteiger partial charge in [0.25, 0.3) is 0 Å². The molecule has 144 valence electrons. The van der Waals surface area contributed by atoms with Crippen molar-refractivity contribution in [2.24, 2.45) is 0 Å². The number of amides is 2. The van der Waals surface area contributed by atoms with Gasteiger partial charge in [0.15, 0.2) is 0 Å². The Labute approximate surface area is 164 Å². The minimum absolute atomic E-state index is 0.0282. The first-order chi connectivity index (χ1) is 12.9. The van der Waals surface area contributed by atoms with Crippen molar-refractivity contribution in [3.63, 3.8) is 0 Å². The van der Waals surface area contributed by atoms with Gasteiger partial charge < -0.3 is 10.2 Å². The van der Waals surface area contributed by atoms with Crippen LogP contribution >= 0.6 is 11.3 Å². The minimum Gasteiger partial charge on any atom is -0.340 e. The summed E-state index contributed by atoms with van der Waals surface area (Å²) in [7, 11) is 0. The second-order valence-electron chi connectivity index (χ2n) is 8.03. The van der Waals surface area contributed by atoms with Crippen molar-refractivity contribution >= 4 is 33.2 Å². The molecule has 2 fully saturated rings. The van der Waals surface area contributed by atoms with E-state index in [1.165, 1.54) is 20.5 Å². The molecule has 2 saturated heterocycles. The molecule has 0 spiro atoms. The van der Waals surface area contributed by atoms with E-state index in [9.17, 15) is 9.59 Å². The van der Waals surface area contributed by atoms with E-state index in [0.29, 0.717) is 13.1 Å². The fourth-order valence-electron chi connectivity index (χ4n) is 4.29. The van der Waals surface area contributed by atoms with Crippen LogP contribution < -0.4 is 5.32 Å². The highest BCUT2D eigenvalue weighted by molar-refractivity contribution is 7.19. The van der Waals surface area contributed by atoms with Gasteiger partial charge in [0.2, 0.25) is 11.8 Å². The molecule has 3 heterocycles. The molecular formula is C21H27N3O2S. The van der Waals surface area contributed by atoms with Crippen molar-refractivity contribution in [2.45, 2.75) is 45.2 Å². The van der Waals surface area contributed by atoms with Gasteiger partial charge in [0.05, 0.1) is 0 Å². The zero-order valence-electron chi connectivity index (χ0n) is 16.2. The van der Waals surface area contributed by atoms with Gasteiger partial charge in [-0.3, -0.25) is 14.5 Å².